The number of piperidine rings is 1. The van der Waals surface area contributed by atoms with Gasteiger partial charge < -0.3 is 15.4 Å². The third-order valence-electron chi connectivity index (χ3n) is 8.80. The summed E-state index contributed by atoms with van der Waals surface area (Å²) in [5, 5.41) is 0. The highest BCUT2D eigenvalue weighted by Crippen LogP contribution is 2.51. The summed E-state index contributed by atoms with van der Waals surface area (Å²) in [6, 6.07) is 16.6. The van der Waals surface area contributed by atoms with Crippen LogP contribution in [-0.2, 0) is 10.2 Å². The molecule has 3 aromatic rings. The standard InChI is InChI=1S/C33H34F6N4O3/c34-32(35,36)16-21-46-28-25(10-7-17-41-28)29(44)43(33(37,38)39)22-13-19-42(20-14-22)18-6-5-15-31(30(40)45)26-11-3-1-8-23(26)24-9-2-4-12-27(24)31/h1-4,7-12,17,22H,5-6,13-16,18-21H2,(H2,40,45). The van der Waals surface area contributed by atoms with Crippen LogP contribution in [0.5, 0.6) is 5.88 Å². The molecule has 2 amide bonds. The van der Waals surface area contributed by atoms with Gasteiger partial charge in [-0.3, -0.25) is 9.59 Å². The minimum Gasteiger partial charge on any atom is -0.477 e. The van der Waals surface area contributed by atoms with Gasteiger partial charge in [-0.2, -0.15) is 13.2 Å². The monoisotopic (exact) mass is 648 g/mol. The zero-order valence-electron chi connectivity index (χ0n) is 24.9. The molecule has 1 aliphatic carbocycles. The van der Waals surface area contributed by atoms with Crippen LogP contribution in [0.4, 0.5) is 26.3 Å². The van der Waals surface area contributed by atoms with E-state index in [4.69, 9.17) is 10.5 Å². The minimum atomic E-state index is -5.03. The van der Waals surface area contributed by atoms with E-state index in [0.717, 1.165) is 34.5 Å². The molecule has 13 heteroatoms. The summed E-state index contributed by atoms with van der Waals surface area (Å²) in [7, 11) is 0. The van der Waals surface area contributed by atoms with Crippen molar-refractivity contribution in [3.05, 3.63) is 83.6 Å². The maximum Gasteiger partial charge on any atom is 0.487 e. The highest BCUT2D eigenvalue weighted by atomic mass is 19.4. The van der Waals surface area contributed by atoms with Gasteiger partial charge in [0.1, 0.15) is 5.56 Å². The van der Waals surface area contributed by atoms with Crippen molar-refractivity contribution in [1.29, 1.82) is 0 Å². The molecule has 1 fully saturated rings. The molecule has 0 radical (unpaired) electrons. The van der Waals surface area contributed by atoms with Gasteiger partial charge in [-0.1, -0.05) is 55.0 Å². The van der Waals surface area contributed by atoms with Crippen LogP contribution in [0.3, 0.4) is 0 Å². The number of aromatic nitrogens is 1. The number of ether oxygens (including phenoxy) is 1. The topological polar surface area (TPSA) is 88.8 Å². The van der Waals surface area contributed by atoms with E-state index in [0.29, 0.717) is 38.9 Å². The van der Waals surface area contributed by atoms with Crippen LogP contribution >= 0.6 is 0 Å². The van der Waals surface area contributed by atoms with Crippen molar-refractivity contribution in [3.8, 4) is 17.0 Å². The Labute approximate surface area is 262 Å². The van der Waals surface area contributed by atoms with Crippen molar-refractivity contribution in [2.45, 2.75) is 62.5 Å². The van der Waals surface area contributed by atoms with Gasteiger partial charge in [-0.15, -0.1) is 13.2 Å². The molecule has 2 aliphatic rings. The number of carbonyl (C=O) groups is 2. The Kier molecular flexibility index (Phi) is 9.62. The van der Waals surface area contributed by atoms with Crippen molar-refractivity contribution in [2.75, 3.05) is 26.2 Å². The maximum atomic E-state index is 14.2. The smallest absolute Gasteiger partial charge is 0.477 e. The van der Waals surface area contributed by atoms with Gasteiger partial charge in [0.15, 0.2) is 0 Å². The third kappa shape index (κ3) is 6.84. The quantitative estimate of drug-likeness (QED) is 0.147. The number of pyridine rings is 1. The van der Waals surface area contributed by atoms with Crippen LogP contribution in [0, 0.1) is 0 Å². The summed E-state index contributed by atoms with van der Waals surface area (Å²) in [4.78, 5) is 31.8. The molecule has 1 saturated heterocycles. The fourth-order valence-electron chi connectivity index (χ4n) is 6.66. The van der Waals surface area contributed by atoms with Crippen LogP contribution in [0.15, 0.2) is 66.9 Å². The lowest BCUT2D eigenvalue weighted by Gasteiger charge is -2.39. The highest BCUT2D eigenvalue weighted by Gasteiger charge is 2.48. The molecular weight excluding hydrogens is 614 g/mol. The second-order valence-electron chi connectivity index (χ2n) is 11.6. The van der Waals surface area contributed by atoms with Gasteiger partial charge in [0.2, 0.25) is 11.8 Å². The van der Waals surface area contributed by atoms with E-state index in [9.17, 15) is 35.9 Å². The Morgan fingerprint density at radius 3 is 2.09 bits per heavy atom. The first-order valence-corrected chi connectivity index (χ1v) is 15.1. The summed E-state index contributed by atoms with van der Waals surface area (Å²) in [5.74, 6) is -2.43. The molecule has 0 spiro atoms. The summed E-state index contributed by atoms with van der Waals surface area (Å²) in [6.45, 7) is 0.313. The zero-order chi connectivity index (χ0) is 33.1. The van der Waals surface area contributed by atoms with Crippen LogP contribution in [0.1, 0.15) is 60.0 Å². The first-order chi connectivity index (χ1) is 21.8. The number of hydrogen-bond donors (Lipinski definition) is 1. The number of rotatable bonds is 11. The number of primary amides is 1. The minimum absolute atomic E-state index is 0.0434. The summed E-state index contributed by atoms with van der Waals surface area (Å²) < 4.78 is 85.3. The molecule has 7 nitrogen and oxygen atoms in total. The van der Waals surface area contributed by atoms with Gasteiger partial charge in [-0.25, -0.2) is 9.88 Å². The number of fused-ring (bicyclic) bond motifs is 3. The molecule has 2 aromatic carbocycles. The van der Waals surface area contributed by atoms with Gasteiger partial charge in [-0.05, 0) is 66.6 Å². The number of unbranched alkanes of at least 4 members (excludes halogenated alkanes) is 1. The molecule has 0 saturated carbocycles. The van der Waals surface area contributed by atoms with E-state index in [-0.39, 0.29) is 17.7 Å². The molecule has 1 aliphatic heterocycles. The van der Waals surface area contributed by atoms with Gasteiger partial charge in [0.25, 0.3) is 5.91 Å². The van der Waals surface area contributed by atoms with Crippen molar-refractivity contribution < 1.29 is 40.7 Å². The van der Waals surface area contributed by atoms with E-state index >= 15 is 0 Å². The van der Waals surface area contributed by atoms with Crippen LogP contribution in [0.25, 0.3) is 11.1 Å². The molecular formula is C33H34F6N4O3. The predicted molar refractivity (Wildman–Crippen MR) is 158 cm³/mol. The van der Waals surface area contributed by atoms with Gasteiger partial charge in [0.05, 0.1) is 18.4 Å². The molecule has 46 heavy (non-hydrogen) atoms. The second-order valence-corrected chi connectivity index (χ2v) is 11.6. The van der Waals surface area contributed by atoms with Gasteiger partial charge in [0, 0.05) is 25.3 Å². The Balaban J connectivity index is 1.20. The zero-order valence-corrected chi connectivity index (χ0v) is 24.9. The largest absolute Gasteiger partial charge is 0.487 e. The van der Waals surface area contributed by atoms with E-state index in [2.05, 4.69) is 4.98 Å². The molecule has 246 valence electrons. The number of benzene rings is 2. The average Bonchev–Trinajstić information content (AvgIpc) is 3.30. The first-order valence-electron chi connectivity index (χ1n) is 15.1. The summed E-state index contributed by atoms with van der Waals surface area (Å²) in [5.41, 5.74) is 8.26. The summed E-state index contributed by atoms with van der Waals surface area (Å²) >= 11 is 0. The molecule has 2 heterocycles. The number of nitrogens with zero attached hydrogens (tertiary/aromatic N) is 3. The molecule has 0 atom stereocenters. The van der Waals surface area contributed by atoms with Crippen LogP contribution < -0.4 is 10.5 Å². The number of likely N-dealkylation sites (tertiary alicyclic amines) is 1. The van der Waals surface area contributed by atoms with E-state index in [1.54, 1.807) is 0 Å². The lowest BCUT2D eigenvalue weighted by atomic mass is 9.73. The molecule has 1 aromatic heterocycles. The number of nitrogens with two attached hydrogens (primary N) is 1. The first kappa shape index (κ1) is 33.2. The van der Waals surface area contributed by atoms with E-state index < -0.39 is 60.2 Å². The van der Waals surface area contributed by atoms with Crippen molar-refractivity contribution in [1.82, 2.24) is 14.8 Å². The van der Waals surface area contributed by atoms with Crippen molar-refractivity contribution in [2.24, 2.45) is 5.73 Å². The Hall–Kier alpha value is -4.13. The summed E-state index contributed by atoms with van der Waals surface area (Å²) in [6.07, 6.45) is -7.88. The predicted octanol–water partition coefficient (Wildman–Crippen LogP) is 6.46. The Morgan fingerprint density at radius 1 is 0.913 bits per heavy atom. The van der Waals surface area contributed by atoms with E-state index in [1.807, 2.05) is 53.4 Å². The average molecular weight is 649 g/mol. The molecule has 5 rings (SSSR count). The fraction of sp³-hybridized carbons (Fsp3) is 0.424. The number of hydrogen-bond acceptors (Lipinski definition) is 5. The lowest BCUT2D eigenvalue weighted by Crippen LogP contribution is -2.53. The second kappa shape index (κ2) is 13.3. The van der Waals surface area contributed by atoms with Crippen molar-refractivity contribution >= 4 is 11.8 Å². The highest BCUT2D eigenvalue weighted by molar-refractivity contribution is 6.00. The van der Waals surface area contributed by atoms with Gasteiger partial charge >= 0.3 is 12.5 Å². The molecule has 2 N–H and O–H groups in total. The third-order valence-corrected chi connectivity index (χ3v) is 8.80. The fourth-order valence-corrected chi connectivity index (χ4v) is 6.66. The number of amides is 2. The Morgan fingerprint density at radius 2 is 1.52 bits per heavy atom. The van der Waals surface area contributed by atoms with Crippen LogP contribution in [0.2, 0.25) is 0 Å². The number of alkyl halides is 6. The molecule has 0 unspecified atom stereocenters. The van der Waals surface area contributed by atoms with E-state index in [1.165, 1.54) is 6.07 Å². The molecule has 0 bridgehead atoms. The lowest BCUT2D eigenvalue weighted by molar-refractivity contribution is -0.239. The van der Waals surface area contributed by atoms with Crippen LogP contribution in [-0.4, -0.2) is 71.4 Å². The number of carbonyl (C=O) groups excluding carboxylic acids is 2. The Bertz CT molecular complexity index is 1510. The SMILES string of the molecule is NC(=O)C1(CCCCN2CCC(N(C(=O)c3cccnc3OCCC(F)(F)F)C(F)(F)F)CC2)c2ccccc2-c2ccccc21. The maximum absolute atomic E-state index is 14.2. The van der Waals surface area contributed by atoms with Crippen molar-refractivity contribution in [3.63, 3.8) is 0 Å². The normalized spacial score (nSPS) is 16.5. The number of halogens is 6.